The third kappa shape index (κ3) is 1.67. The predicted molar refractivity (Wildman–Crippen MR) is 46.3 cm³/mol. The number of nitrogens with two attached hydrogens (primary N) is 1. The molecule has 0 aromatic carbocycles. The lowest BCUT2D eigenvalue weighted by Crippen LogP contribution is -1.96. The molecule has 6 heteroatoms. The molecule has 0 radical (unpaired) electrons. The van der Waals surface area contributed by atoms with Crippen LogP contribution in [-0.2, 0) is 0 Å². The number of halogens is 4. The van der Waals surface area contributed by atoms with Crippen LogP contribution in [-0.4, -0.2) is 4.98 Å². The number of aromatic nitrogens is 1. The Balaban J connectivity index is 3.27. The Morgan fingerprint density at radius 2 is 2.17 bits per heavy atom. The summed E-state index contributed by atoms with van der Waals surface area (Å²) in [4.78, 5) is 3.50. The summed E-state index contributed by atoms with van der Waals surface area (Å²) >= 11 is 8.46. The number of nitrogens with zero attached hydrogens (tertiary/aromatic N) is 1. The van der Waals surface area contributed by atoms with Crippen molar-refractivity contribution in [3.8, 4) is 0 Å². The van der Waals surface area contributed by atoms with Crippen LogP contribution in [0.1, 0.15) is 12.0 Å². The maximum Gasteiger partial charge on any atom is 0.266 e. The molecule has 0 aliphatic heterocycles. The average Bonchev–Trinajstić information content (AvgIpc) is 2.00. The van der Waals surface area contributed by atoms with Gasteiger partial charge in [-0.2, -0.15) is 0 Å². The van der Waals surface area contributed by atoms with Gasteiger partial charge >= 0.3 is 0 Å². The van der Waals surface area contributed by atoms with E-state index in [1.165, 1.54) is 0 Å². The molecule has 0 saturated heterocycles. The number of pyridine rings is 1. The molecule has 1 aromatic rings. The van der Waals surface area contributed by atoms with Gasteiger partial charge in [0.1, 0.15) is 5.82 Å². The minimum Gasteiger partial charge on any atom is -0.382 e. The molecule has 2 nitrogen and oxygen atoms in total. The van der Waals surface area contributed by atoms with Crippen LogP contribution in [0.4, 0.5) is 14.6 Å². The molecule has 12 heavy (non-hydrogen) atoms. The second-order valence-corrected chi connectivity index (χ2v) is 3.20. The standard InChI is InChI=1S/C6H4BrClF2N2/c7-3-2(5(9)10)1-12-6(11)4(3)8/h1,5H,(H2,11,12). The van der Waals surface area contributed by atoms with Crippen LogP contribution in [0.15, 0.2) is 10.7 Å². The van der Waals surface area contributed by atoms with Crippen LogP contribution in [0.25, 0.3) is 0 Å². The number of hydrogen-bond donors (Lipinski definition) is 1. The van der Waals surface area contributed by atoms with Gasteiger partial charge in [0.2, 0.25) is 0 Å². The Kier molecular flexibility index (Phi) is 2.85. The maximum absolute atomic E-state index is 12.2. The lowest BCUT2D eigenvalue weighted by atomic mass is 10.3. The molecule has 0 amide bonds. The predicted octanol–water partition coefficient (Wildman–Crippen LogP) is 3.02. The first kappa shape index (κ1) is 9.67. The molecule has 0 fully saturated rings. The van der Waals surface area contributed by atoms with Crippen molar-refractivity contribution in [3.63, 3.8) is 0 Å². The van der Waals surface area contributed by atoms with Gasteiger partial charge in [-0.25, -0.2) is 13.8 Å². The van der Waals surface area contributed by atoms with E-state index in [1.54, 1.807) is 0 Å². The number of rotatable bonds is 1. The molecule has 1 rings (SSSR count). The Morgan fingerprint density at radius 3 is 2.67 bits per heavy atom. The third-order valence-corrected chi connectivity index (χ3v) is 2.71. The van der Waals surface area contributed by atoms with Crippen molar-refractivity contribution < 1.29 is 8.78 Å². The van der Waals surface area contributed by atoms with Crippen molar-refractivity contribution in [2.75, 3.05) is 5.73 Å². The van der Waals surface area contributed by atoms with E-state index >= 15 is 0 Å². The molecule has 66 valence electrons. The topological polar surface area (TPSA) is 38.9 Å². The van der Waals surface area contributed by atoms with Crippen molar-refractivity contribution in [1.82, 2.24) is 4.98 Å². The Hall–Kier alpha value is -0.420. The summed E-state index contributed by atoms with van der Waals surface area (Å²) in [5, 5.41) is 0.0211. The third-order valence-electron chi connectivity index (χ3n) is 1.25. The van der Waals surface area contributed by atoms with Crippen LogP contribution in [0.3, 0.4) is 0 Å². The fourth-order valence-electron chi connectivity index (χ4n) is 0.644. The first-order valence-corrected chi connectivity index (χ1v) is 4.08. The first-order valence-electron chi connectivity index (χ1n) is 2.91. The highest BCUT2D eigenvalue weighted by Crippen LogP contribution is 2.34. The average molecular weight is 257 g/mol. The Bertz CT molecular complexity index is 306. The minimum atomic E-state index is -2.61. The summed E-state index contributed by atoms with van der Waals surface area (Å²) in [5.41, 5.74) is 5.02. The van der Waals surface area contributed by atoms with Crippen molar-refractivity contribution >= 4 is 33.3 Å². The van der Waals surface area contributed by atoms with E-state index in [0.29, 0.717) is 0 Å². The van der Waals surface area contributed by atoms with Gasteiger partial charge in [0.25, 0.3) is 6.43 Å². The van der Waals surface area contributed by atoms with Gasteiger partial charge in [-0.15, -0.1) is 0 Å². The van der Waals surface area contributed by atoms with E-state index < -0.39 is 6.43 Å². The van der Waals surface area contributed by atoms with Crippen molar-refractivity contribution in [3.05, 3.63) is 21.3 Å². The zero-order chi connectivity index (χ0) is 9.30. The summed E-state index contributed by atoms with van der Waals surface area (Å²) in [6, 6.07) is 0. The highest BCUT2D eigenvalue weighted by Gasteiger charge is 2.16. The molecule has 0 aliphatic carbocycles. The lowest BCUT2D eigenvalue weighted by Gasteiger charge is -2.05. The van der Waals surface area contributed by atoms with Crippen LogP contribution in [0.5, 0.6) is 0 Å². The van der Waals surface area contributed by atoms with Crippen molar-refractivity contribution in [2.24, 2.45) is 0 Å². The molecule has 0 aliphatic rings. The fourth-order valence-corrected chi connectivity index (χ4v) is 1.28. The second kappa shape index (κ2) is 3.53. The zero-order valence-corrected chi connectivity index (χ0v) is 8.03. The Morgan fingerprint density at radius 1 is 1.58 bits per heavy atom. The SMILES string of the molecule is Nc1ncc(C(F)F)c(Br)c1Cl. The van der Waals surface area contributed by atoms with Crippen molar-refractivity contribution in [1.29, 1.82) is 0 Å². The normalized spacial score (nSPS) is 10.8. The van der Waals surface area contributed by atoms with Gasteiger partial charge in [-0.05, 0) is 15.9 Å². The molecule has 1 heterocycles. The summed E-state index contributed by atoms with van der Waals surface area (Å²) in [6.07, 6.45) is -1.61. The highest BCUT2D eigenvalue weighted by molar-refractivity contribution is 9.10. The largest absolute Gasteiger partial charge is 0.382 e. The Labute approximate surface area is 80.9 Å². The second-order valence-electron chi connectivity index (χ2n) is 2.03. The van der Waals surface area contributed by atoms with E-state index in [4.69, 9.17) is 17.3 Å². The van der Waals surface area contributed by atoms with Crippen LogP contribution in [0, 0.1) is 0 Å². The minimum absolute atomic E-state index is 0.0211. The molecule has 1 aromatic heterocycles. The monoisotopic (exact) mass is 256 g/mol. The molecule has 0 spiro atoms. The van der Waals surface area contributed by atoms with Gasteiger partial charge in [0, 0.05) is 6.20 Å². The van der Waals surface area contributed by atoms with E-state index in [1.807, 2.05) is 0 Å². The van der Waals surface area contributed by atoms with Gasteiger partial charge in [-0.3, -0.25) is 0 Å². The molecular weight excluding hydrogens is 253 g/mol. The number of alkyl halides is 2. The summed E-state index contributed by atoms with van der Waals surface area (Å²) < 4.78 is 24.4. The van der Waals surface area contributed by atoms with Crippen LogP contribution < -0.4 is 5.73 Å². The van der Waals surface area contributed by atoms with Gasteiger partial charge in [0.15, 0.2) is 0 Å². The van der Waals surface area contributed by atoms with Gasteiger partial charge in [-0.1, -0.05) is 11.6 Å². The fraction of sp³-hybridized carbons (Fsp3) is 0.167. The number of hydrogen-bond acceptors (Lipinski definition) is 2. The molecule has 2 N–H and O–H groups in total. The first-order chi connectivity index (χ1) is 5.54. The van der Waals surface area contributed by atoms with Gasteiger partial charge in [0.05, 0.1) is 15.1 Å². The highest BCUT2D eigenvalue weighted by atomic mass is 79.9. The van der Waals surface area contributed by atoms with Gasteiger partial charge < -0.3 is 5.73 Å². The quantitative estimate of drug-likeness (QED) is 0.840. The number of anilines is 1. The molecule has 0 unspecified atom stereocenters. The van der Waals surface area contributed by atoms with E-state index in [2.05, 4.69) is 20.9 Å². The van der Waals surface area contributed by atoms with E-state index in [9.17, 15) is 8.78 Å². The van der Waals surface area contributed by atoms with E-state index in [0.717, 1.165) is 6.20 Å². The molecule has 0 bridgehead atoms. The van der Waals surface area contributed by atoms with Crippen LogP contribution in [0.2, 0.25) is 5.02 Å². The molecule has 0 saturated carbocycles. The smallest absolute Gasteiger partial charge is 0.266 e. The summed E-state index contributed by atoms with van der Waals surface area (Å²) in [5.74, 6) is 0.0351. The zero-order valence-electron chi connectivity index (χ0n) is 5.69. The maximum atomic E-state index is 12.2. The number of nitrogen functional groups attached to an aromatic ring is 1. The summed E-state index contributed by atoms with van der Waals surface area (Å²) in [6.45, 7) is 0. The van der Waals surface area contributed by atoms with E-state index in [-0.39, 0.29) is 20.9 Å². The van der Waals surface area contributed by atoms with Crippen molar-refractivity contribution in [2.45, 2.75) is 6.43 Å². The summed E-state index contributed by atoms with van der Waals surface area (Å²) in [7, 11) is 0. The lowest BCUT2D eigenvalue weighted by molar-refractivity contribution is 0.150. The molecular formula is C6H4BrClF2N2. The molecule has 0 atom stereocenters. The van der Waals surface area contributed by atoms with Crippen LogP contribution >= 0.6 is 27.5 Å².